The van der Waals surface area contributed by atoms with E-state index in [1.165, 1.54) is 44.9 Å². The van der Waals surface area contributed by atoms with Crippen LogP contribution in [0.1, 0.15) is 64.7 Å². The highest BCUT2D eigenvalue weighted by Gasteiger charge is 2.21. The van der Waals surface area contributed by atoms with Crippen LogP contribution in [0, 0.1) is 5.92 Å². The average molecular weight is 275 g/mol. The molecule has 2 unspecified atom stereocenters. The van der Waals surface area contributed by atoms with Crippen LogP contribution in [0.2, 0.25) is 0 Å². The Labute approximate surface area is 102 Å². The summed E-state index contributed by atoms with van der Waals surface area (Å²) in [7, 11) is 0. The molecular weight excluding hydrogens is 252 g/mol. The molecule has 0 aromatic carbocycles. The van der Waals surface area contributed by atoms with E-state index in [9.17, 15) is 4.79 Å². The number of ketones is 1. The highest BCUT2D eigenvalue weighted by molar-refractivity contribution is 9.10. The van der Waals surface area contributed by atoms with Crippen molar-refractivity contribution in [1.29, 1.82) is 0 Å². The molecule has 1 aliphatic carbocycles. The summed E-state index contributed by atoms with van der Waals surface area (Å²) in [6.07, 6.45) is 11.0. The van der Waals surface area contributed by atoms with E-state index in [1.807, 2.05) is 0 Å². The number of rotatable bonds is 0. The minimum absolute atomic E-state index is 0.108. The molecule has 0 N–H and O–H groups in total. The lowest BCUT2D eigenvalue weighted by molar-refractivity contribution is -0.119. The van der Waals surface area contributed by atoms with E-state index in [-0.39, 0.29) is 4.83 Å². The Morgan fingerprint density at radius 2 is 1.53 bits per heavy atom. The molecule has 0 amide bonds. The number of hydrogen-bond acceptors (Lipinski definition) is 1. The fraction of sp³-hybridized carbons (Fsp3) is 0.923. The largest absolute Gasteiger partial charge is 0.298 e. The van der Waals surface area contributed by atoms with Gasteiger partial charge in [0.1, 0.15) is 5.78 Å². The smallest absolute Gasteiger partial charge is 0.146 e. The van der Waals surface area contributed by atoms with Gasteiger partial charge < -0.3 is 0 Å². The molecule has 1 rings (SSSR count). The number of carbonyl (C=O) groups excluding carboxylic acids is 1. The Morgan fingerprint density at radius 1 is 1.00 bits per heavy atom. The van der Waals surface area contributed by atoms with Crippen molar-refractivity contribution < 1.29 is 4.79 Å². The van der Waals surface area contributed by atoms with Crippen LogP contribution in [0.4, 0.5) is 0 Å². The third-order valence-electron chi connectivity index (χ3n) is 3.39. The van der Waals surface area contributed by atoms with E-state index in [0.29, 0.717) is 11.7 Å². The van der Waals surface area contributed by atoms with Crippen LogP contribution in [0.15, 0.2) is 0 Å². The molecule has 0 aliphatic heterocycles. The maximum absolute atomic E-state index is 11.8. The predicted octanol–water partition coefficient (Wildman–Crippen LogP) is 4.48. The van der Waals surface area contributed by atoms with Gasteiger partial charge in [-0.1, -0.05) is 61.4 Å². The Hall–Kier alpha value is 0.150. The highest BCUT2D eigenvalue weighted by atomic mass is 79.9. The summed E-state index contributed by atoms with van der Waals surface area (Å²) in [6.45, 7) is 2.20. The van der Waals surface area contributed by atoms with E-state index < -0.39 is 0 Å². The Bertz CT molecular complexity index is 191. The molecule has 0 spiro atoms. The van der Waals surface area contributed by atoms with Crippen molar-refractivity contribution in [2.24, 2.45) is 5.92 Å². The second kappa shape index (κ2) is 7.43. The zero-order valence-corrected chi connectivity index (χ0v) is 11.4. The van der Waals surface area contributed by atoms with Crippen molar-refractivity contribution in [1.82, 2.24) is 0 Å². The summed E-state index contributed by atoms with van der Waals surface area (Å²) in [6, 6.07) is 0. The number of hydrogen-bond donors (Lipinski definition) is 0. The number of carbonyl (C=O) groups is 1. The molecule has 0 bridgehead atoms. The lowest BCUT2D eigenvalue weighted by atomic mass is 9.93. The lowest BCUT2D eigenvalue weighted by Gasteiger charge is -2.18. The Balaban J connectivity index is 2.40. The standard InChI is InChI=1S/C13H23BrO/c1-11-9-7-5-3-2-4-6-8-10-12(15)13(11)14/h11,13H,2-10H2,1H3. The van der Waals surface area contributed by atoms with Crippen molar-refractivity contribution in [2.75, 3.05) is 0 Å². The molecule has 1 saturated carbocycles. The minimum atomic E-state index is 0.108. The van der Waals surface area contributed by atoms with Gasteiger partial charge in [0, 0.05) is 6.42 Å². The fourth-order valence-electron chi connectivity index (χ4n) is 2.25. The van der Waals surface area contributed by atoms with Gasteiger partial charge in [-0.25, -0.2) is 0 Å². The monoisotopic (exact) mass is 274 g/mol. The van der Waals surface area contributed by atoms with Crippen molar-refractivity contribution in [3.8, 4) is 0 Å². The maximum atomic E-state index is 11.8. The van der Waals surface area contributed by atoms with E-state index in [4.69, 9.17) is 0 Å². The number of Topliss-reactive ketones (excluding diaryl/α,β-unsaturated/α-hetero) is 1. The second-order valence-corrected chi connectivity index (χ2v) is 5.85. The van der Waals surface area contributed by atoms with E-state index in [2.05, 4.69) is 22.9 Å². The molecule has 0 aromatic heterocycles. The lowest BCUT2D eigenvalue weighted by Crippen LogP contribution is -2.22. The molecule has 0 saturated heterocycles. The molecule has 0 aromatic rings. The predicted molar refractivity (Wildman–Crippen MR) is 68.4 cm³/mol. The summed E-state index contributed by atoms with van der Waals surface area (Å²) in [5.41, 5.74) is 0. The Morgan fingerprint density at radius 3 is 2.20 bits per heavy atom. The summed E-state index contributed by atoms with van der Waals surface area (Å²) in [5, 5.41) is 0. The molecule has 2 heteroatoms. The number of alkyl halides is 1. The second-order valence-electron chi connectivity index (χ2n) is 4.86. The van der Waals surface area contributed by atoms with E-state index >= 15 is 0 Å². The van der Waals surface area contributed by atoms with Crippen molar-refractivity contribution >= 4 is 21.7 Å². The van der Waals surface area contributed by atoms with Crippen molar-refractivity contribution in [3.05, 3.63) is 0 Å². The van der Waals surface area contributed by atoms with Gasteiger partial charge in [0.25, 0.3) is 0 Å². The third kappa shape index (κ3) is 5.14. The fourth-order valence-corrected chi connectivity index (χ4v) is 2.74. The first-order valence-electron chi connectivity index (χ1n) is 6.38. The van der Waals surface area contributed by atoms with Gasteiger partial charge in [0.15, 0.2) is 0 Å². The van der Waals surface area contributed by atoms with Gasteiger partial charge in [-0.15, -0.1) is 0 Å². The van der Waals surface area contributed by atoms with E-state index in [1.54, 1.807) is 0 Å². The molecule has 1 aliphatic rings. The molecule has 0 heterocycles. The van der Waals surface area contributed by atoms with Gasteiger partial charge in [-0.2, -0.15) is 0 Å². The van der Waals surface area contributed by atoms with Crippen LogP contribution >= 0.6 is 15.9 Å². The zero-order valence-electron chi connectivity index (χ0n) is 9.80. The third-order valence-corrected chi connectivity index (χ3v) is 4.80. The first-order valence-corrected chi connectivity index (χ1v) is 7.30. The average Bonchev–Trinajstić information content (AvgIpc) is 2.23. The van der Waals surface area contributed by atoms with Gasteiger partial charge in [0.05, 0.1) is 4.83 Å². The van der Waals surface area contributed by atoms with Gasteiger partial charge in [0.2, 0.25) is 0 Å². The van der Waals surface area contributed by atoms with Crippen molar-refractivity contribution in [2.45, 2.75) is 69.5 Å². The molecule has 1 nitrogen and oxygen atoms in total. The van der Waals surface area contributed by atoms with Gasteiger partial charge in [-0.05, 0) is 18.8 Å². The van der Waals surface area contributed by atoms with E-state index in [0.717, 1.165) is 12.8 Å². The molecule has 88 valence electrons. The Kier molecular flexibility index (Phi) is 6.54. The van der Waals surface area contributed by atoms with Crippen molar-refractivity contribution in [3.63, 3.8) is 0 Å². The van der Waals surface area contributed by atoms with Gasteiger partial charge in [-0.3, -0.25) is 4.79 Å². The summed E-state index contributed by atoms with van der Waals surface area (Å²) in [4.78, 5) is 11.9. The van der Waals surface area contributed by atoms with Crippen LogP contribution in [-0.2, 0) is 4.79 Å². The normalized spacial score (nSPS) is 31.7. The van der Waals surface area contributed by atoms with Gasteiger partial charge >= 0.3 is 0 Å². The first-order chi connectivity index (χ1) is 7.22. The van der Waals surface area contributed by atoms with Crippen LogP contribution < -0.4 is 0 Å². The molecule has 1 fully saturated rings. The summed E-state index contributed by atoms with van der Waals surface area (Å²) >= 11 is 3.56. The molecule has 2 atom stereocenters. The highest BCUT2D eigenvalue weighted by Crippen LogP contribution is 2.23. The molecular formula is C13H23BrO. The topological polar surface area (TPSA) is 17.1 Å². The first kappa shape index (κ1) is 13.2. The van der Waals surface area contributed by atoms with Crippen LogP contribution in [0.3, 0.4) is 0 Å². The maximum Gasteiger partial charge on any atom is 0.146 e. The van der Waals surface area contributed by atoms with Crippen LogP contribution in [0.5, 0.6) is 0 Å². The summed E-state index contributed by atoms with van der Waals surface area (Å²) in [5.74, 6) is 0.931. The SMILES string of the molecule is CC1CCCCCCCCCC(=O)C1Br. The molecule has 0 radical (unpaired) electrons. The van der Waals surface area contributed by atoms with Crippen LogP contribution in [0.25, 0.3) is 0 Å². The minimum Gasteiger partial charge on any atom is -0.298 e. The van der Waals surface area contributed by atoms with Crippen LogP contribution in [-0.4, -0.2) is 10.6 Å². The zero-order chi connectivity index (χ0) is 11.1. The quantitative estimate of drug-likeness (QED) is 0.596. The summed E-state index contributed by atoms with van der Waals surface area (Å²) < 4.78 is 0. The number of halogens is 1. The molecule has 15 heavy (non-hydrogen) atoms.